The Balaban J connectivity index is 2.79. The first-order valence-electron chi connectivity index (χ1n) is 4.11. The molecule has 0 heterocycles. The summed E-state index contributed by atoms with van der Waals surface area (Å²) in [6.07, 6.45) is 0. The van der Waals surface area contributed by atoms with E-state index in [0.717, 1.165) is 6.07 Å². The number of rotatable bonds is 2. The van der Waals surface area contributed by atoms with E-state index in [0.29, 0.717) is 0 Å². The number of amides is 1. The number of nitro groups is 1. The number of carbonyl (C=O) groups is 1. The molecule has 7 nitrogen and oxygen atoms in total. The number of nitrogens with two attached hydrogens (primary N) is 1. The summed E-state index contributed by atoms with van der Waals surface area (Å²) in [5, 5.41) is 10.4. The molecule has 0 radical (unpaired) electrons. The second kappa shape index (κ2) is 5.03. The van der Waals surface area contributed by atoms with Gasteiger partial charge < -0.3 is 5.73 Å². The fraction of sp³-hybridized carbons (Fsp3) is 0. The molecule has 0 spiro atoms. The van der Waals surface area contributed by atoms with Crippen LogP contribution in [0.25, 0.3) is 0 Å². The molecule has 0 saturated heterocycles. The van der Waals surface area contributed by atoms with Gasteiger partial charge in [0.1, 0.15) is 0 Å². The lowest BCUT2D eigenvalue weighted by atomic mass is 10.2. The molecule has 84 valence electrons. The van der Waals surface area contributed by atoms with Crippen molar-refractivity contribution in [2.45, 2.75) is 0 Å². The Bertz CT molecular complexity index is 449. The first-order chi connectivity index (χ1) is 7.50. The van der Waals surface area contributed by atoms with Crippen LogP contribution in [0.2, 0.25) is 0 Å². The van der Waals surface area contributed by atoms with Gasteiger partial charge in [0.2, 0.25) is 0 Å². The summed E-state index contributed by atoms with van der Waals surface area (Å²) in [5.41, 5.74) is 9.49. The number of hydrogen-bond acceptors (Lipinski definition) is 4. The largest absolute Gasteiger partial charge is 0.375 e. The summed E-state index contributed by atoms with van der Waals surface area (Å²) in [4.78, 5) is 21.3. The molecular formula is C8H8N4O3S. The molecule has 1 rings (SSSR count). The quantitative estimate of drug-likeness (QED) is 0.383. The molecule has 0 atom stereocenters. The molecule has 1 amide bonds. The number of nitro benzene ring substituents is 1. The highest BCUT2D eigenvalue weighted by molar-refractivity contribution is 7.80. The van der Waals surface area contributed by atoms with Crippen molar-refractivity contribution in [2.75, 3.05) is 0 Å². The Kier molecular flexibility index (Phi) is 3.72. The lowest BCUT2D eigenvalue weighted by molar-refractivity contribution is -0.384. The second-order valence-corrected chi connectivity index (χ2v) is 3.19. The van der Waals surface area contributed by atoms with Crippen LogP contribution in [0.5, 0.6) is 0 Å². The van der Waals surface area contributed by atoms with E-state index >= 15 is 0 Å². The molecule has 1 aromatic rings. The molecule has 16 heavy (non-hydrogen) atoms. The Morgan fingerprint density at radius 1 is 1.44 bits per heavy atom. The minimum atomic E-state index is -0.586. The van der Waals surface area contributed by atoms with Crippen molar-refractivity contribution >= 4 is 28.9 Å². The fourth-order valence-corrected chi connectivity index (χ4v) is 1.00. The van der Waals surface area contributed by atoms with Crippen LogP contribution in [0.4, 0.5) is 5.69 Å². The van der Waals surface area contributed by atoms with Crippen LogP contribution in [0.3, 0.4) is 0 Å². The van der Waals surface area contributed by atoms with E-state index in [1.54, 1.807) is 0 Å². The van der Waals surface area contributed by atoms with Crippen molar-refractivity contribution in [3.63, 3.8) is 0 Å². The predicted octanol–water partition coefficient (Wildman–Crippen LogP) is 0.0728. The van der Waals surface area contributed by atoms with Gasteiger partial charge in [-0.3, -0.25) is 25.8 Å². The third-order valence-electron chi connectivity index (χ3n) is 1.62. The molecule has 0 bridgehead atoms. The van der Waals surface area contributed by atoms with Crippen molar-refractivity contribution in [3.05, 3.63) is 39.9 Å². The SMILES string of the molecule is NC(=S)NNC(=O)c1cccc([N+](=O)[O-])c1. The minimum absolute atomic E-state index is 0.0984. The summed E-state index contributed by atoms with van der Waals surface area (Å²) in [5.74, 6) is -0.559. The zero-order valence-electron chi connectivity index (χ0n) is 7.97. The summed E-state index contributed by atoms with van der Waals surface area (Å²) in [6, 6.07) is 5.28. The minimum Gasteiger partial charge on any atom is -0.375 e. The van der Waals surface area contributed by atoms with E-state index in [2.05, 4.69) is 23.1 Å². The first-order valence-corrected chi connectivity index (χ1v) is 4.52. The lowest BCUT2D eigenvalue weighted by Gasteiger charge is -2.05. The van der Waals surface area contributed by atoms with Gasteiger partial charge in [-0.2, -0.15) is 0 Å². The molecule has 8 heteroatoms. The van der Waals surface area contributed by atoms with Crippen molar-refractivity contribution in [1.29, 1.82) is 0 Å². The molecule has 0 aliphatic rings. The average molecular weight is 240 g/mol. The van der Waals surface area contributed by atoms with Gasteiger partial charge in [0.15, 0.2) is 5.11 Å². The normalized spacial score (nSPS) is 9.25. The van der Waals surface area contributed by atoms with E-state index in [1.807, 2.05) is 0 Å². The molecule has 1 aromatic carbocycles. The van der Waals surface area contributed by atoms with E-state index in [4.69, 9.17) is 5.73 Å². The smallest absolute Gasteiger partial charge is 0.270 e. The van der Waals surface area contributed by atoms with E-state index in [-0.39, 0.29) is 16.4 Å². The summed E-state index contributed by atoms with van der Waals surface area (Å²) >= 11 is 4.47. The molecule has 0 saturated carbocycles. The first kappa shape index (κ1) is 11.9. The van der Waals surface area contributed by atoms with Gasteiger partial charge in [0, 0.05) is 17.7 Å². The van der Waals surface area contributed by atoms with Crippen LogP contribution in [0.1, 0.15) is 10.4 Å². The molecule has 0 aliphatic carbocycles. The zero-order chi connectivity index (χ0) is 12.1. The number of benzene rings is 1. The van der Waals surface area contributed by atoms with Gasteiger partial charge in [-0.25, -0.2) is 0 Å². The van der Waals surface area contributed by atoms with Crippen molar-refractivity contribution in [3.8, 4) is 0 Å². The van der Waals surface area contributed by atoms with Gasteiger partial charge in [0.25, 0.3) is 11.6 Å². The van der Waals surface area contributed by atoms with Crippen LogP contribution in [0.15, 0.2) is 24.3 Å². The number of non-ortho nitro benzene ring substituents is 1. The maximum atomic E-state index is 11.4. The maximum Gasteiger partial charge on any atom is 0.270 e. The van der Waals surface area contributed by atoms with Crippen molar-refractivity contribution in [2.24, 2.45) is 5.73 Å². The van der Waals surface area contributed by atoms with Crippen LogP contribution >= 0.6 is 12.2 Å². The van der Waals surface area contributed by atoms with E-state index in [9.17, 15) is 14.9 Å². The average Bonchev–Trinajstić information content (AvgIpc) is 2.26. The third kappa shape index (κ3) is 3.17. The lowest BCUT2D eigenvalue weighted by Crippen LogP contribution is -2.44. The van der Waals surface area contributed by atoms with Gasteiger partial charge in [-0.15, -0.1) is 0 Å². The van der Waals surface area contributed by atoms with Gasteiger partial charge in [-0.05, 0) is 18.3 Å². The Labute approximate surface area is 95.7 Å². The highest BCUT2D eigenvalue weighted by Crippen LogP contribution is 2.12. The third-order valence-corrected chi connectivity index (χ3v) is 1.72. The van der Waals surface area contributed by atoms with E-state index < -0.39 is 10.8 Å². The summed E-state index contributed by atoms with van der Waals surface area (Å²) in [7, 11) is 0. The molecule has 0 aromatic heterocycles. The monoisotopic (exact) mass is 240 g/mol. The number of nitrogens with one attached hydrogen (secondary N) is 2. The Morgan fingerprint density at radius 3 is 2.69 bits per heavy atom. The Morgan fingerprint density at radius 2 is 2.12 bits per heavy atom. The number of hydrazine groups is 1. The zero-order valence-corrected chi connectivity index (χ0v) is 8.78. The Hall–Kier alpha value is -2.22. The predicted molar refractivity (Wildman–Crippen MR) is 60.5 cm³/mol. The molecular weight excluding hydrogens is 232 g/mol. The molecule has 0 fully saturated rings. The van der Waals surface area contributed by atoms with Crippen molar-refractivity contribution in [1.82, 2.24) is 10.9 Å². The van der Waals surface area contributed by atoms with Gasteiger partial charge >= 0.3 is 0 Å². The van der Waals surface area contributed by atoms with Crippen LogP contribution in [0, 0.1) is 10.1 Å². The van der Waals surface area contributed by atoms with Gasteiger partial charge in [-0.1, -0.05) is 6.07 Å². The van der Waals surface area contributed by atoms with Crippen LogP contribution in [-0.2, 0) is 0 Å². The van der Waals surface area contributed by atoms with E-state index in [1.165, 1.54) is 18.2 Å². The number of hydrogen-bond donors (Lipinski definition) is 3. The van der Waals surface area contributed by atoms with Crippen molar-refractivity contribution < 1.29 is 9.72 Å². The summed E-state index contributed by atoms with van der Waals surface area (Å²) < 4.78 is 0. The standard InChI is InChI=1S/C8H8N4O3S/c9-8(16)11-10-7(13)5-2-1-3-6(4-5)12(14)15/h1-4H,(H,10,13)(H3,9,11,16). The van der Waals surface area contributed by atoms with Crippen LogP contribution in [-0.4, -0.2) is 15.9 Å². The number of carbonyl (C=O) groups excluding carboxylic acids is 1. The van der Waals surface area contributed by atoms with Gasteiger partial charge in [0.05, 0.1) is 4.92 Å². The van der Waals surface area contributed by atoms with Crippen LogP contribution < -0.4 is 16.6 Å². The molecule has 4 N–H and O–H groups in total. The fourth-order valence-electron chi connectivity index (χ4n) is 0.951. The highest BCUT2D eigenvalue weighted by atomic mass is 32.1. The maximum absolute atomic E-state index is 11.4. The number of thiocarbonyl (C=S) groups is 1. The highest BCUT2D eigenvalue weighted by Gasteiger charge is 2.10. The second-order valence-electron chi connectivity index (χ2n) is 2.75. The summed E-state index contributed by atoms with van der Waals surface area (Å²) in [6.45, 7) is 0. The molecule has 0 unspecified atom stereocenters. The number of nitrogens with zero attached hydrogens (tertiary/aromatic N) is 1. The molecule has 0 aliphatic heterocycles. The topological polar surface area (TPSA) is 110 Å².